The van der Waals surface area contributed by atoms with E-state index in [2.05, 4.69) is 0 Å². The normalized spacial score (nSPS) is 52.3. The molecular weight excluding hydrogens is 392 g/mol. The summed E-state index contributed by atoms with van der Waals surface area (Å²) in [5.74, 6) is -4.18. The Morgan fingerprint density at radius 3 is 2.70 bits per heavy atom. The van der Waals surface area contributed by atoms with Crippen molar-refractivity contribution < 1.29 is 38.4 Å². The van der Waals surface area contributed by atoms with Crippen LogP contribution in [0.4, 0.5) is 0 Å². The molecular formula is C22H26O8. The highest BCUT2D eigenvalue weighted by Gasteiger charge is 2.85. The Kier molecular flexibility index (Phi) is 3.58. The number of aliphatic hydroxyl groups is 1. The number of fused-ring (bicyclic) bond motifs is 8. The monoisotopic (exact) mass is 418 g/mol. The van der Waals surface area contributed by atoms with Gasteiger partial charge in [0.1, 0.15) is 12.2 Å². The highest BCUT2D eigenvalue weighted by molar-refractivity contribution is 6.09. The van der Waals surface area contributed by atoms with Crippen LogP contribution in [0.2, 0.25) is 0 Å². The van der Waals surface area contributed by atoms with Gasteiger partial charge in [0.15, 0.2) is 17.0 Å². The van der Waals surface area contributed by atoms with Gasteiger partial charge in [-0.3, -0.25) is 9.59 Å². The smallest absolute Gasteiger partial charge is 0.322 e. The summed E-state index contributed by atoms with van der Waals surface area (Å²) in [7, 11) is 2.88. The van der Waals surface area contributed by atoms with Crippen LogP contribution >= 0.6 is 0 Å². The lowest BCUT2D eigenvalue weighted by Gasteiger charge is -2.50. The van der Waals surface area contributed by atoms with E-state index >= 15 is 0 Å². The molecule has 4 heterocycles. The summed E-state index contributed by atoms with van der Waals surface area (Å²) >= 11 is 0. The fourth-order valence-electron chi connectivity index (χ4n) is 6.97. The maximum atomic E-state index is 14.0. The Labute approximate surface area is 174 Å². The minimum Gasteiger partial charge on any atom is -0.468 e. The topological polar surface area (TPSA) is 104 Å². The van der Waals surface area contributed by atoms with Crippen LogP contribution in [-0.4, -0.2) is 73.5 Å². The van der Waals surface area contributed by atoms with Gasteiger partial charge in [-0.15, -0.1) is 0 Å². The second-order valence-electron chi connectivity index (χ2n) is 9.72. The molecule has 4 bridgehead atoms. The molecule has 1 spiro atoms. The maximum absolute atomic E-state index is 14.0. The number of ketones is 1. The summed E-state index contributed by atoms with van der Waals surface area (Å²) in [4.78, 5) is 27.5. The van der Waals surface area contributed by atoms with Gasteiger partial charge in [-0.25, -0.2) is 0 Å². The third-order valence-corrected chi connectivity index (χ3v) is 8.39. The van der Waals surface area contributed by atoms with Crippen molar-refractivity contribution in [1.82, 2.24) is 0 Å². The first kappa shape index (κ1) is 19.1. The zero-order chi connectivity index (χ0) is 21.2. The summed E-state index contributed by atoms with van der Waals surface area (Å²) in [5, 5.41) is 11.2. The quantitative estimate of drug-likeness (QED) is 0.304. The van der Waals surface area contributed by atoms with Crippen molar-refractivity contribution in [2.75, 3.05) is 20.8 Å². The lowest BCUT2D eigenvalue weighted by Crippen LogP contribution is -2.65. The van der Waals surface area contributed by atoms with Crippen molar-refractivity contribution in [3.63, 3.8) is 0 Å². The second kappa shape index (κ2) is 5.61. The fraction of sp³-hybridized carbons (Fsp3) is 0.727. The predicted molar refractivity (Wildman–Crippen MR) is 100.0 cm³/mol. The number of epoxide rings is 1. The zero-order valence-electron chi connectivity index (χ0n) is 17.4. The minimum absolute atomic E-state index is 0.282. The summed E-state index contributed by atoms with van der Waals surface area (Å²) in [6, 6.07) is 0. The second-order valence-corrected chi connectivity index (χ2v) is 9.72. The molecule has 2 aliphatic carbocycles. The van der Waals surface area contributed by atoms with Crippen LogP contribution in [-0.2, 0) is 33.3 Å². The van der Waals surface area contributed by atoms with E-state index in [1.54, 1.807) is 7.11 Å². The van der Waals surface area contributed by atoms with E-state index in [0.717, 1.165) is 5.57 Å². The van der Waals surface area contributed by atoms with E-state index in [0.29, 0.717) is 6.61 Å². The average molecular weight is 418 g/mol. The summed E-state index contributed by atoms with van der Waals surface area (Å²) < 4.78 is 29.5. The van der Waals surface area contributed by atoms with Crippen LogP contribution < -0.4 is 0 Å². The third-order valence-electron chi connectivity index (χ3n) is 8.39. The molecule has 0 aromatic rings. The van der Waals surface area contributed by atoms with Gasteiger partial charge < -0.3 is 28.8 Å². The number of esters is 1. The fourth-order valence-corrected chi connectivity index (χ4v) is 6.97. The van der Waals surface area contributed by atoms with Crippen LogP contribution in [0.5, 0.6) is 0 Å². The molecule has 6 aliphatic rings. The molecule has 6 rings (SSSR count). The number of Topliss-reactive ketones (excluding diaryl/α,β-unsaturated/α-hetero) is 1. The molecule has 3 saturated heterocycles. The van der Waals surface area contributed by atoms with Gasteiger partial charge in [-0.05, 0) is 19.4 Å². The molecule has 0 amide bonds. The van der Waals surface area contributed by atoms with Crippen molar-refractivity contribution in [1.29, 1.82) is 0 Å². The molecule has 30 heavy (non-hydrogen) atoms. The number of carbonyl (C=O) groups is 2. The molecule has 8 heteroatoms. The lowest BCUT2D eigenvalue weighted by molar-refractivity contribution is -0.195. The summed E-state index contributed by atoms with van der Waals surface area (Å²) in [5.41, 5.74) is -1.49. The van der Waals surface area contributed by atoms with Crippen molar-refractivity contribution >= 4 is 11.8 Å². The molecule has 10 atom stereocenters. The van der Waals surface area contributed by atoms with Crippen LogP contribution in [0.1, 0.15) is 13.8 Å². The number of hydrogen-bond acceptors (Lipinski definition) is 8. The number of hydrogen-bond donors (Lipinski definition) is 1. The minimum atomic E-state index is -1.65. The Balaban J connectivity index is 1.63. The highest BCUT2D eigenvalue weighted by Crippen LogP contribution is 2.71. The number of ether oxygens (including phenoxy) is 5. The zero-order valence-corrected chi connectivity index (χ0v) is 17.4. The molecule has 1 N–H and O–H groups in total. The average Bonchev–Trinajstić information content (AvgIpc) is 3.00. The first-order valence-electron chi connectivity index (χ1n) is 10.5. The van der Waals surface area contributed by atoms with Crippen LogP contribution in [0, 0.1) is 29.1 Å². The van der Waals surface area contributed by atoms with E-state index in [4.69, 9.17) is 23.7 Å². The molecule has 1 unspecified atom stereocenters. The molecule has 0 aromatic carbocycles. The molecule has 0 aromatic heterocycles. The number of methoxy groups -OCH3 is 2. The Bertz CT molecular complexity index is 907. The van der Waals surface area contributed by atoms with Gasteiger partial charge >= 0.3 is 5.97 Å². The lowest BCUT2D eigenvalue weighted by atomic mass is 9.51. The maximum Gasteiger partial charge on any atom is 0.322 e. The Morgan fingerprint density at radius 2 is 2.00 bits per heavy atom. The molecule has 4 fully saturated rings. The SMILES string of the molecule is COC(=O)[C@]12C(=O)[C@H]3O[C@H]3C3C=C[C@H]([C@H]3O)[C@H]1[C@@]13OCC=C1[C@H](C(C)(C)OC)[C@@H]2O3. The highest BCUT2D eigenvalue weighted by atomic mass is 16.7. The van der Waals surface area contributed by atoms with E-state index in [1.165, 1.54) is 7.11 Å². The van der Waals surface area contributed by atoms with Crippen LogP contribution in [0.25, 0.3) is 0 Å². The largest absolute Gasteiger partial charge is 0.468 e. The first-order valence-corrected chi connectivity index (χ1v) is 10.5. The Morgan fingerprint density at radius 1 is 1.27 bits per heavy atom. The number of aliphatic hydroxyl groups excluding tert-OH is 1. The van der Waals surface area contributed by atoms with E-state index in [9.17, 15) is 14.7 Å². The van der Waals surface area contributed by atoms with Gasteiger partial charge in [0.2, 0.25) is 0 Å². The van der Waals surface area contributed by atoms with E-state index in [1.807, 2.05) is 32.1 Å². The summed E-state index contributed by atoms with van der Waals surface area (Å²) in [6.07, 6.45) is 2.93. The van der Waals surface area contributed by atoms with Crippen LogP contribution in [0.3, 0.4) is 0 Å². The first-order chi connectivity index (χ1) is 14.3. The number of rotatable bonds is 3. The van der Waals surface area contributed by atoms with Gasteiger partial charge in [-0.2, -0.15) is 0 Å². The van der Waals surface area contributed by atoms with E-state index < -0.39 is 59.0 Å². The molecule has 4 aliphatic heterocycles. The molecule has 0 radical (unpaired) electrons. The summed E-state index contributed by atoms with van der Waals surface area (Å²) in [6.45, 7) is 4.14. The predicted octanol–water partition coefficient (Wildman–Crippen LogP) is 0.382. The van der Waals surface area contributed by atoms with Crippen molar-refractivity contribution in [3.8, 4) is 0 Å². The van der Waals surface area contributed by atoms with Crippen LogP contribution in [0.15, 0.2) is 23.8 Å². The van der Waals surface area contributed by atoms with Gasteiger partial charge in [0, 0.05) is 24.9 Å². The van der Waals surface area contributed by atoms with E-state index in [-0.39, 0.29) is 17.6 Å². The van der Waals surface area contributed by atoms with Gasteiger partial charge in [0.05, 0.1) is 37.4 Å². The van der Waals surface area contributed by atoms with Crippen molar-refractivity contribution in [3.05, 3.63) is 23.8 Å². The molecule has 8 nitrogen and oxygen atoms in total. The van der Waals surface area contributed by atoms with Gasteiger partial charge in [0.25, 0.3) is 0 Å². The number of carbonyl (C=O) groups excluding carboxylic acids is 2. The van der Waals surface area contributed by atoms with Gasteiger partial charge in [-0.1, -0.05) is 18.2 Å². The van der Waals surface area contributed by atoms with Crippen molar-refractivity contribution in [2.24, 2.45) is 29.1 Å². The Hall–Kier alpha value is -1.58. The standard InChI is InChI=1S/C22H26O8/c1-20(2,27-4)12-11-7-8-28-22(11)16-10-6-5-9(13(10)23)14-15(29-14)17(24)21(16,18(12)30-22)19(25)26-3/h5-7,9-10,12-16,18,23H,8H2,1-4H3/t9?,10-,12+,13+,14+,15+,16-,18+,21+,22-/m1/s1. The molecule has 1 saturated carbocycles. The third kappa shape index (κ3) is 1.84. The van der Waals surface area contributed by atoms with Crippen molar-refractivity contribution in [2.45, 2.75) is 49.7 Å². The molecule has 162 valence electrons.